The van der Waals surface area contributed by atoms with E-state index < -0.39 is 0 Å². The zero-order valence-electron chi connectivity index (χ0n) is 15.3. The van der Waals surface area contributed by atoms with E-state index in [1.807, 2.05) is 12.3 Å². The van der Waals surface area contributed by atoms with Crippen LogP contribution in [0.1, 0.15) is 36.0 Å². The Morgan fingerprint density at radius 3 is 2.85 bits per heavy atom. The number of piperidine rings is 1. The quantitative estimate of drug-likeness (QED) is 0.752. The number of hydrogen-bond acceptors (Lipinski definition) is 5. The smallest absolute Gasteiger partial charge is 0.147 e. The zero-order valence-corrected chi connectivity index (χ0v) is 16.2. The second-order valence-corrected chi connectivity index (χ2v) is 7.38. The van der Waals surface area contributed by atoms with Crippen LogP contribution in [0.25, 0.3) is 10.9 Å². The van der Waals surface area contributed by atoms with Gasteiger partial charge >= 0.3 is 0 Å². The standard InChI is InChI=1S/C20H24N6.ClH/c1-2-17-12-15(3-4-18(17)22-7-1)14-25-9-5-16(6-10-25)20-24-23-19-13-21-8-11-26(19)20;/h1-4,7,12,16,21H,5-6,8-11,13-14H2;1H. The molecule has 27 heavy (non-hydrogen) atoms. The highest BCUT2D eigenvalue weighted by atomic mass is 35.5. The molecule has 0 radical (unpaired) electrons. The van der Waals surface area contributed by atoms with Gasteiger partial charge < -0.3 is 9.88 Å². The third-order valence-corrected chi connectivity index (χ3v) is 5.68. The molecular weight excluding hydrogens is 360 g/mol. The summed E-state index contributed by atoms with van der Waals surface area (Å²) < 4.78 is 2.34. The van der Waals surface area contributed by atoms with Gasteiger partial charge in [0.15, 0.2) is 0 Å². The summed E-state index contributed by atoms with van der Waals surface area (Å²) in [7, 11) is 0. The number of nitrogens with zero attached hydrogens (tertiary/aromatic N) is 5. The Morgan fingerprint density at radius 1 is 1.07 bits per heavy atom. The van der Waals surface area contributed by atoms with E-state index >= 15 is 0 Å². The lowest BCUT2D eigenvalue weighted by Gasteiger charge is -2.32. The summed E-state index contributed by atoms with van der Waals surface area (Å²) in [5.74, 6) is 2.85. The van der Waals surface area contributed by atoms with E-state index in [0.717, 1.165) is 50.6 Å². The highest BCUT2D eigenvalue weighted by Crippen LogP contribution is 2.28. The van der Waals surface area contributed by atoms with E-state index in [9.17, 15) is 0 Å². The summed E-state index contributed by atoms with van der Waals surface area (Å²) in [6, 6.07) is 10.8. The number of nitrogens with one attached hydrogen (secondary N) is 1. The third kappa shape index (κ3) is 3.70. The fraction of sp³-hybridized carbons (Fsp3) is 0.450. The van der Waals surface area contributed by atoms with Crippen LogP contribution in [0.4, 0.5) is 0 Å². The van der Waals surface area contributed by atoms with Crippen LogP contribution in [-0.4, -0.2) is 44.3 Å². The van der Waals surface area contributed by atoms with Crippen molar-refractivity contribution in [3.05, 3.63) is 53.7 Å². The summed E-state index contributed by atoms with van der Waals surface area (Å²) >= 11 is 0. The molecule has 6 nitrogen and oxygen atoms in total. The number of likely N-dealkylation sites (tertiary alicyclic amines) is 1. The number of hydrogen-bond donors (Lipinski definition) is 1. The van der Waals surface area contributed by atoms with Gasteiger partial charge in [0, 0.05) is 37.1 Å². The van der Waals surface area contributed by atoms with Gasteiger partial charge in [-0.3, -0.25) is 9.88 Å². The van der Waals surface area contributed by atoms with E-state index in [4.69, 9.17) is 0 Å². The third-order valence-electron chi connectivity index (χ3n) is 5.68. The summed E-state index contributed by atoms with van der Waals surface area (Å²) in [4.78, 5) is 6.97. The average Bonchev–Trinajstić information content (AvgIpc) is 3.13. The first-order valence-corrected chi connectivity index (χ1v) is 9.55. The van der Waals surface area contributed by atoms with Gasteiger partial charge in [0.2, 0.25) is 0 Å². The van der Waals surface area contributed by atoms with Gasteiger partial charge in [-0.05, 0) is 49.7 Å². The van der Waals surface area contributed by atoms with Crippen molar-refractivity contribution >= 4 is 23.3 Å². The molecule has 2 aliphatic heterocycles. The summed E-state index contributed by atoms with van der Waals surface area (Å²) in [6.45, 7) is 6.13. The molecule has 1 fully saturated rings. The van der Waals surface area contributed by atoms with Crippen molar-refractivity contribution in [2.24, 2.45) is 0 Å². The molecule has 2 aromatic heterocycles. The Morgan fingerprint density at radius 2 is 1.96 bits per heavy atom. The van der Waals surface area contributed by atoms with Gasteiger partial charge in [-0.1, -0.05) is 12.1 Å². The van der Waals surface area contributed by atoms with Crippen LogP contribution in [0, 0.1) is 0 Å². The lowest BCUT2D eigenvalue weighted by molar-refractivity contribution is 0.199. The lowest BCUT2D eigenvalue weighted by atomic mass is 9.95. The van der Waals surface area contributed by atoms with Crippen molar-refractivity contribution in [2.45, 2.75) is 38.4 Å². The zero-order chi connectivity index (χ0) is 17.3. The van der Waals surface area contributed by atoms with Crippen LogP contribution >= 0.6 is 12.4 Å². The molecule has 7 heteroatoms. The topological polar surface area (TPSA) is 58.9 Å². The molecule has 0 unspecified atom stereocenters. The fourth-order valence-electron chi connectivity index (χ4n) is 4.25. The summed E-state index contributed by atoms with van der Waals surface area (Å²) in [5.41, 5.74) is 2.44. The van der Waals surface area contributed by atoms with Crippen LogP contribution in [0.15, 0.2) is 36.5 Å². The first kappa shape index (κ1) is 18.3. The van der Waals surface area contributed by atoms with Crippen LogP contribution in [0.5, 0.6) is 0 Å². The molecule has 0 spiro atoms. The maximum Gasteiger partial charge on any atom is 0.147 e. The molecule has 1 aromatic carbocycles. The van der Waals surface area contributed by atoms with Gasteiger partial charge in [0.25, 0.3) is 0 Å². The second kappa shape index (κ2) is 7.92. The summed E-state index contributed by atoms with van der Waals surface area (Å²) in [5, 5.41) is 13.5. The molecule has 1 saturated heterocycles. The maximum atomic E-state index is 4.51. The summed E-state index contributed by atoms with van der Waals surface area (Å²) in [6.07, 6.45) is 4.19. The minimum Gasteiger partial charge on any atom is -0.312 e. The molecule has 5 rings (SSSR count). The van der Waals surface area contributed by atoms with E-state index in [1.54, 1.807) is 0 Å². The number of rotatable bonds is 3. The second-order valence-electron chi connectivity index (χ2n) is 7.38. The predicted octanol–water partition coefficient (Wildman–Crippen LogP) is 2.73. The normalized spacial score (nSPS) is 18.2. The Labute approximate surface area is 165 Å². The fourth-order valence-corrected chi connectivity index (χ4v) is 4.25. The Balaban J connectivity index is 0.00000180. The molecule has 0 bridgehead atoms. The molecule has 0 aliphatic carbocycles. The first-order valence-electron chi connectivity index (χ1n) is 9.55. The Kier molecular flexibility index (Phi) is 5.38. The minimum absolute atomic E-state index is 0. The van der Waals surface area contributed by atoms with Crippen molar-refractivity contribution in [3.63, 3.8) is 0 Å². The lowest BCUT2D eigenvalue weighted by Crippen LogP contribution is -2.34. The number of halogens is 1. The highest BCUT2D eigenvalue weighted by Gasteiger charge is 2.26. The number of fused-ring (bicyclic) bond motifs is 2. The van der Waals surface area contributed by atoms with Crippen LogP contribution in [0.2, 0.25) is 0 Å². The molecule has 1 N–H and O–H groups in total. The van der Waals surface area contributed by atoms with E-state index in [2.05, 4.69) is 54.2 Å². The minimum atomic E-state index is 0. The molecule has 142 valence electrons. The van der Waals surface area contributed by atoms with Gasteiger partial charge in [0.1, 0.15) is 11.6 Å². The molecule has 4 heterocycles. The Hall–Kier alpha value is -2.02. The number of pyridine rings is 1. The largest absolute Gasteiger partial charge is 0.312 e. The first-order chi connectivity index (χ1) is 12.9. The molecular formula is C20H25ClN6. The van der Waals surface area contributed by atoms with Crippen molar-refractivity contribution in [1.82, 2.24) is 30.0 Å². The van der Waals surface area contributed by atoms with Crippen LogP contribution in [0.3, 0.4) is 0 Å². The van der Waals surface area contributed by atoms with Gasteiger partial charge in [-0.15, -0.1) is 22.6 Å². The van der Waals surface area contributed by atoms with Gasteiger partial charge in [-0.25, -0.2) is 0 Å². The van der Waals surface area contributed by atoms with Gasteiger partial charge in [-0.2, -0.15) is 0 Å². The highest BCUT2D eigenvalue weighted by molar-refractivity contribution is 5.85. The van der Waals surface area contributed by atoms with Crippen molar-refractivity contribution in [1.29, 1.82) is 0 Å². The van der Waals surface area contributed by atoms with Crippen molar-refractivity contribution in [3.8, 4) is 0 Å². The molecule has 3 aromatic rings. The van der Waals surface area contributed by atoms with Gasteiger partial charge in [0.05, 0.1) is 12.1 Å². The maximum absolute atomic E-state index is 4.51. The molecule has 2 aliphatic rings. The monoisotopic (exact) mass is 384 g/mol. The van der Waals surface area contributed by atoms with Crippen molar-refractivity contribution in [2.75, 3.05) is 19.6 Å². The van der Waals surface area contributed by atoms with E-state index in [0.29, 0.717) is 5.92 Å². The molecule has 0 amide bonds. The molecule has 0 atom stereocenters. The van der Waals surface area contributed by atoms with Crippen LogP contribution < -0.4 is 5.32 Å². The van der Waals surface area contributed by atoms with E-state index in [-0.39, 0.29) is 12.4 Å². The Bertz CT molecular complexity index is 916. The average molecular weight is 385 g/mol. The molecule has 0 saturated carbocycles. The number of benzene rings is 1. The van der Waals surface area contributed by atoms with Crippen molar-refractivity contribution < 1.29 is 0 Å². The SMILES string of the molecule is Cl.c1cnc2ccc(CN3CCC(c4nnc5n4CCNC5)CC3)cc2c1. The van der Waals surface area contributed by atoms with E-state index in [1.165, 1.54) is 29.6 Å². The number of aromatic nitrogens is 4. The van der Waals surface area contributed by atoms with Crippen LogP contribution in [-0.2, 0) is 19.6 Å². The predicted molar refractivity (Wildman–Crippen MR) is 108 cm³/mol.